The van der Waals surface area contributed by atoms with Gasteiger partial charge in [-0.05, 0) is 34.7 Å². The summed E-state index contributed by atoms with van der Waals surface area (Å²) in [5, 5.41) is 16.0. The van der Waals surface area contributed by atoms with E-state index in [1.807, 2.05) is 13.8 Å². The Labute approximate surface area is 121 Å². The minimum absolute atomic E-state index is 0.0405. The zero-order chi connectivity index (χ0) is 15.2. The number of hydrogen-bond acceptors (Lipinski definition) is 5. The molecule has 0 saturated carbocycles. The predicted molar refractivity (Wildman–Crippen MR) is 76.4 cm³/mol. The molecule has 0 bridgehead atoms. The van der Waals surface area contributed by atoms with E-state index < -0.39 is 0 Å². The van der Waals surface area contributed by atoms with Gasteiger partial charge in [0.05, 0.1) is 0 Å². The molecule has 0 saturated heterocycles. The van der Waals surface area contributed by atoms with Gasteiger partial charge in [0.15, 0.2) is 0 Å². The second kappa shape index (κ2) is 6.60. The van der Waals surface area contributed by atoms with E-state index in [1.54, 1.807) is 24.3 Å². The summed E-state index contributed by atoms with van der Waals surface area (Å²) in [7, 11) is 0. The monoisotopic (exact) mass is 288 g/mol. The van der Waals surface area contributed by atoms with Crippen molar-refractivity contribution in [2.45, 2.75) is 20.4 Å². The molecule has 2 rings (SSSR count). The van der Waals surface area contributed by atoms with Crippen LogP contribution in [0.1, 0.15) is 13.8 Å². The molecular weight excluding hydrogens is 272 g/mol. The topological polar surface area (TPSA) is 102 Å². The maximum absolute atomic E-state index is 11.7. The Bertz CT molecular complexity index is 606. The average Bonchev–Trinajstić information content (AvgIpc) is 2.93. The molecule has 2 N–H and O–H groups in total. The first-order valence-corrected chi connectivity index (χ1v) is 6.46. The largest absolute Gasteiger partial charge is 0.326 e. The van der Waals surface area contributed by atoms with Crippen LogP contribution in [0, 0.1) is 5.92 Å². The number of hydrogen-bond donors (Lipinski definition) is 2. The third kappa shape index (κ3) is 4.37. The van der Waals surface area contributed by atoms with Crippen LogP contribution < -0.4 is 10.6 Å². The Morgan fingerprint density at radius 1 is 1.14 bits per heavy atom. The lowest BCUT2D eigenvalue weighted by Gasteiger charge is -2.09. The number of rotatable bonds is 5. The lowest BCUT2D eigenvalue weighted by molar-refractivity contribution is -0.119. The summed E-state index contributed by atoms with van der Waals surface area (Å²) in [4.78, 5) is 23.3. The predicted octanol–water partition coefficient (Wildman–Crippen LogP) is 0.906. The van der Waals surface area contributed by atoms with E-state index in [4.69, 9.17) is 0 Å². The van der Waals surface area contributed by atoms with Gasteiger partial charge in [0.25, 0.3) is 0 Å². The molecule has 0 unspecified atom stereocenters. The Balaban J connectivity index is 1.90. The maximum Gasteiger partial charge on any atom is 0.246 e. The Hall–Kier alpha value is -2.77. The second-order valence-corrected chi connectivity index (χ2v) is 4.78. The highest BCUT2D eigenvalue weighted by Crippen LogP contribution is 2.14. The van der Waals surface area contributed by atoms with E-state index >= 15 is 0 Å². The molecule has 21 heavy (non-hydrogen) atoms. The molecule has 1 aromatic heterocycles. The van der Waals surface area contributed by atoms with E-state index in [1.165, 1.54) is 11.0 Å². The van der Waals surface area contributed by atoms with Crippen molar-refractivity contribution in [2.24, 2.45) is 5.92 Å². The van der Waals surface area contributed by atoms with E-state index in [0.717, 1.165) is 0 Å². The number of tetrazole rings is 1. The molecule has 0 spiro atoms. The van der Waals surface area contributed by atoms with Crippen molar-refractivity contribution < 1.29 is 9.59 Å². The van der Waals surface area contributed by atoms with Crippen LogP contribution in [0.25, 0.3) is 0 Å². The lowest BCUT2D eigenvalue weighted by atomic mass is 10.2. The van der Waals surface area contributed by atoms with Crippen LogP contribution in [0.5, 0.6) is 0 Å². The molecule has 0 aliphatic carbocycles. The van der Waals surface area contributed by atoms with Crippen molar-refractivity contribution in [1.82, 2.24) is 20.2 Å². The van der Waals surface area contributed by atoms with Gasteiger partial charge in [-0.1, -0.05) is 13.8 Å². The molecule has 2 amide bonds. The van der Waals surface area contributed by atoms with Gasteiger partial charge in [-0.25, -0.2) is 4.68 Å². The van der Waals surface area contributed by atoms with Crippen LogP contribution in [0.15, 0.2) is 30.6 Å². The number of benzene rings is 1. The van der Waals surface area contributed by atoms with Crippen molar-refractivity contribution in [3.05, 3.63) is 30.6 Å². The number of carbonyl (C=O) groups is 2. The second-order valence-electron chi connectivity index (χ2n) is 4.78. The van der Waals surface area contributed by atoms with E-state index in [9.17, 15) is 9.59 Å². The number of carbonyl (C=O) groups excluding carboxylic acids is 2. The SMILES string of the molecule is CC(C)C(=O)Nc1ccc(NC(=O)Cn2cnnn2)cc1. The highest BCUT2D eigenvalue weighted by molar-refractivity contribution is 5.93. The van der Waals surface area contributed by atoms with Gasteiger partial charge in [0, 0.05) is 17.3 Å². The first-order chi connectivity index (χ1) is 10.0. The molecule has 8 heteroatoms. The van der Waals surface area contributed by atoms with Gasteiger partial charge in [-0.15, -0.1) is 5.10 Å². The molecule has 0 radical (unpaired) electrons. The zero-order valence-electron chi connectivity index (χ0n) is 11.8. The van der Waals surface area contributed by atoms with Gasteiger partial charge < -0.3 is 10.6 Å². The maximum atomic E-state index is 11.7. The lowest BCUT2D eigenvalue weighted by Crippen LogP contribution is -2.19. The third-order valence-electron chi connectivity index (χ3n) is 2.66. The Morgan fingerprint density at radius 3 is 2.29 bits per heavy atom. The van der Waals surface area contributed by atoms with Gasteiger partial charge >= 0.3 is 0 Å². The van der Waals surface area contributed by atoms with Gasteiger partial charge in [0.2, 0.25) is 11.8 Å². The molecule has 0 atom stereocenters. The van der Waals surface area contributed by atoms with Crippen molar-refractivity contribution in [3.8, 4) is 0 Å². The summed E-state index contributed by atoms with van der Waals surface area (Å²) in [5.74, 6) is -0.368. The molecular formula is C13H16N6O2. The smallest absolute Gasteiger partial charge is 0.246 e. The first kappa shape index (κ1) is 14.6. The molecule has 110 valence electrons. The Kier molecular flexibility index (Phi) is 4.60. The summed E-state index contributed by atoms with van der Waals surface area (Å²) in [5.41, 5.74) is 1.32. The minimum Gasteiger partial charge on any atom is -0.326 e. The highest BCUT2D eigenvalue weighted by Gasteiger charge is 2.08. The quantitative estimate of drug-likeness (QED) is 0.851. The summed E-state index contributed by atoms with van der Waals surface area (Å²) in [6.07, 6.45) is 1.37. The van der Waals surface area contributed by atoms with Crippen molar-refractivity contribution >= 4 is 23.2 Å². The Morgan fingerprint density at radius 2 is 1.76 bits per heavy atom. The standard InChI is InChI=1S/C13H16N6O2/c1-9(2)13(21)16-11-5-3-10(4-6-11)15-12(20)7-19-8-14-17-18-19/h3-6,8-9H,7H2,1-2H3,(H,15,20)(H,16,21). The molecule has 2 aromatic rings. The summed E-state index contributed by atoms with van der Waals surface area (Å²) < 4.78 is 1.33. The van der Waals surface area contributed by atoms with Crippen molar-refractivity contribution in [3.63, 3.8) is 0 Å². The molecule has 1 aromatic carbocycles. The number of anilines is 2. The van der Waals surface area contributed by atoms with Crippen LogP contribution in [0.3, 0.4) is 0 Å². The van der Waals surface area contributed by atoms with Crippen LogP contribution in [-0.4, -0.2) is 32.0 Å². The fourth-order valence-electron chi connectivity index (χ4n) is 1.52. The van der Waals surface area contributed by atoms with Crippen LogP contribution >= 0.6 is 0 Å². The van der Waals surface area contributed by atoms with Crippen LogP contribution in [0.4, 0.5) is 11.4 Å². The third-order valence-corrected chi connectivity index (χ3v) is 2.66. The van der Waals surface area contributed by atoms with Gasteiger partial charge in [0.1, 0.15) is 12.9 Å². The average molecular weight is 288 g/mol. The number of amides is 2. The van der Waals surface area contributed by atoms with Gasteiger partial charge in [-0.3, -0.25) is 9.59 Å². The van der Waals surface area contributed by atoms with Crippen molar-refractivity contribution in [1.29, 1.82) is 0 Å². The van der Waals surface area contributed by atoms with E-state index in [0.29, 0.717) is 11.4 Å². The van der Waals surface area contributed by atoms with Crippen molar-refractivity contribution in [2.75, 3.05) is 10.6 Å². The summed E-state index contributed by atoms with van der Waals surface area (Å²) in [6, 6.07) is 6.89. The minimum atomic E-state index is -0.235. The molecule has 0 aliphatic rings. The molecule has 8 nitrogen and oxygen atoms in total. The van der Waals surface area contributed by atoms with E-state index in [-0.39, 0.29) is 24.3 Å². The number of nitrogens with zero attached hydrogens (tertiary/aromatic N) is 4. The zero-order valence-corrected chi connectivity index (χ0v) is 11.8. The first-order valence-electron chi connectivity index (χ1n) is 6.46. The number of nitrogens with one attached hydrogen (secondary N) is 2. The fraction of sp³-hybridized carbons (Fsp3) is 0.308. The van der Waals surface area contributed by atoms with Crippen LogP contribution in [0.2, 0.25) is 0 Å². The summed E-state index contributed by atoms with van der Waals surface area (Å²) >= 11 is 0. The normalized spacial score (nSPS) is 10.4. The van der Waals surface area contributed by atoms with Crippen LogP contribution in [-0.2, 0) is 16.1 Å². The molecule has 0 fully saturated rings. The number of aromatic nitrogens is 4. The highest BCUT2D eigenvalue weighted by atomic mass is 16.2. The summed E-state index contributed by atoms with van der Waals surface area (Å²) in [6.45, 7) is 3.69. The molecule has 0 aliphatic heterocycles. The fourth-order valence-corrected chi connectivity index (χ4v) is 1.52. The van der Waals surface area contributed by atoms with Gasteiger partial charge in [-0.2, -0.15) is 0 Å². The van der Waals surface area contributed by atoms with E-state index in [2.05, 4.69) is 26.2 Å². The molecule has 1 heterocycles.